The van der Waals surface area contributed by atoms with Gasteiger partial charge in [-0.25, -0.2) is 8.96 Å². The third kappa shape index (κ3) is 1.93. The molecule has 7 aromatic rings. The number of aryl methyl sites for hydroxylation is 4. The molecule has 0 aliphatic rings. The number of aromatic nitrogens is 2. The lowest BCUT2D eigenvalue weighted by Gasteiger charge is -2.17. The maximum absolute atomic E-state index is 15.4. The largest absolute Gasteiger partial charge is 0.304 e. The molecule has 32 heavy (non-hydrogen) atoms. The Balaban J connectivity index is 2.01. The van der Waals surface area contributed by atoms with Crippen LogP contribution >= 0.6 is 0 Å². The van der Waals surface area contributed by atoms with E-state index < -0.39 is 0 Å². The summed E-state index contributed by atoms with van der Waals surface area (Å²) in [6, 6.07) is 18.6. The fourth-order valence-corrected chi connectivity index (χ4v) is 5.98. The molecule has 0 spiro atoms. The normalized spacial score (nSPS) is 12.5. The van der Waals surface area contributed by atoms with Crippen molar-refractivity contribution < 1.29 is 8.96 Å². The van der Waals surface area contributed by atoms with Crippen LogP contribution in [-0.2, 0) is 7.05 Å². The number of para-hydroxylation sites is 1. The minimum Gasteiger partial charge on any atom is -0.304 e. The second-order valence-electron chi connectivity index (χ2n) is 9.20. The van der Waals surface area contributed by atoms with E-state index in [1.165, 1.54) is 49.1 Å². The number of benzene rings is 4. The van der Waals surface area contributed by atoms with Gasteiger partial charge in [-0.2, -0.15) is 0 Å². The third-order valence-corrected chi connectivity index (χ3v) is 7.41. The van der Waals surface area contributed by atoms with Crippen molar-refractivity contribution in [1.82, 2.24) is 4.40 Å². The van der Waals surface area contributed by atoms with Gasteiger partial charge in [0, 0.05) is 16.8 Å². The standard InChI is InChI=1S/C29H22FN2/c1-15-8-10-19-17(3)26-24(16(2)22(19)14-15)29-25-18(12-13-31(29)4)9-11-21-20-6-5-7-23(30)27(20)32(26)28(21)25/h5-14H,1-4H3/q+1. The van der Waals surface area contributed by atoms with Crippen LogP contribution in [0, 0.1) is 26.6 Å². The van der Waals surface area contributed by atoms with E-state index in [0.29, 0.717) is 5.52 Å². The molecule has 3 heteroatoms. The van der Waals surface area contributed by atoms with Crippen LogP contribution in [0.1, 0.15) is 16.7 Å². The summed E-state index contributed by atoms with van der Waals surface area (Å²) in [6.07, 6.45) is 2.14. The minimum atomic E-state index is -0.178. The van der Waals surface area contributed by atoms with E-state index in [2.05, 4.69) is 79.4 Å². The Morgan fingerprint density at radius 1 is 0.719 bits per heavy atom. The monoisotopic (exact) mass is 417 g/mol. The molecule has 0 fully saturated rings. The van der Waals surface area contributed by atoms with Crippen molar-refractivity contribution in [3.05, 3.63) is 83.3 Å². The number of hydrogen-bond donors (Lipinski definition) is 0. The van der Waals surface area contributed by atoms with Gasteiger partial charge in [-0.05, 0) is 54.1 Å². The van der Waals surface area contributed by atoms with Gasteiger partial charge in [-0.1, -0.05) is 48.0 Å². The molecule has 2 nitrogen and oxygen atoms in total. The summed E-state index contributed by atoms with van der Waals surface area (Å²) in [5.74, 6) is -0.178. The fraction of sp³-hybridized carbons (Fsp3) is 0.138. The van der Waals surface area contributed by atoms with E-state index in [4.69, 9.17) is 0 Å². The number of hydrogen-bond acceptors (Lipinski definition) is 0. The fourth-order valence-electron chi connectivity index (χ4n) is 5.98. The van der Waals surface area contributed by atoms with Crippen LogP contribution in [-0.4, -0.2) is 4.40 Å². The average molecular weight is 418 g/mol. The Morgan fingerprint density at radius 3 is 2.34 bits per heavy atom. The van der Waals surface area contributed by atoms with Crippen molar-refractivity contribution in [2.75, 3.05) is 0 Å². The summed E-state index contributed by atoms with van der Waals surface area (Å²) in [4.78, 5) is 0. The summed E-state index contributed by atoms with van der Waals surface area (Å²) in [5, 5.41) is 8.15. The molecule has 0 saturated carbocycles. The van der Waals surface area contributed by atoms with Crippen molar-refractivity contribution in [3.63, 3.8) is 0 Å². The zero-order chi connectivity index (χ0) is 21.9. The van der Waals surface area contributed by atoms with Crippen LogP contribution in [0.4, 0.5) is 4.39 Å². The number of nitrogens with zero attached hydrogens (tertiary/aromatic N) is 2. The molecular weight excluding hydrogens is 395 g/mol. The molecule has 0 aliphatic heterocycles. The summed E-state index contributed by atoms with van der Waals surface area (Å²) < 4.78 is 19.9. The van der Waals surface area contributed by atoms with Crippen LogP contribution < -0.4 is 4.57 Å². The quantitative estimate of drug-likeness (QED) is 0.142. The van der Waals surface area contributed by atoms with Crippen LogP contribution in [0.2, 0.25) is 0 Å². The zero-order valence-electron chi connectivity index (χ0n) is 18.5. The van der Waals surface area contributed by atoms with Crippen LogP contribution in [0.25, 0.3) is 59.8 Å². The van der Waals surface area contributed by atoms with E-state index in [1.807, 2.05) is 12.1 Å². The SMILES string of the molecule is Cc1ccc2c(C)c3c(c(C)c2c1)c1c2c(ccc4c5cccc(F)c5n3c42)cc[n+]1C. The molecule has 0 amide bonds. The highest BCUT2D eigenvalue weighted by atomic mass is 19.1. The molecule has 0 unspecified atom stereocenters. The van der Waals surface area contributed by atoms with Gasteiger partial charge >= 0.3 is 0 Å². The molecule has 4 aromatic carbocycles. The van der Waals surface area contributed by atoms with Crippen molar-refractivity contribution in [2.24, 2.45) is 7.05 Å². The number of fused-ring (bicyclic) bond motifs is 7. The molecule has 3 aromatic heterocycles. The lowest BCUT2D eigenvalue weighted by Crippen LogP contribution is -2.29. The minimum absolute atomic E-state index is 0.178. The van der Waals surface area contributed by atoms with E-state index in [1.54, 1.807) is 6.07 Å². The van der Waals surface area contributed by atoms with Gasteiger partial charge in [0.25, 0.3) is 0 Å². The molecule has 3 heterocycles. The van der Waals surface area contributed by atoms with Crippen molar-refractivity contribution in [1.29, 1.82) is 0 Å². The Labute approximate surface area is 184 Å². The van der Waals surface area contributed by atoms with Gasteiger partial charge in [0.1, 0.15) is 12.9 Å². The van der Waals surface area contributed by atoms with Gasteiger partial charge in [0.05, 0.1) is 27.3 Å². The van der Waals surface area contributed by atoms with Crippen LogP contribution in [0.5, 0.6) is 0 Å². The Hall–Kier alpha value is -3.72. The van der Waals surface area contributed by atoms with E-state index in [0.717, 1.165) is 21.8 Å². The van der Waals surface area contributed by atoms with Gasteiger partial charge in [-0.15, -0.1) is 0 Å². The molecule has 0 bridgehead atoms. The Kier molecular flexibility index (Phi) is 3.21. The first-order valence-corrected chi connectivity index (χ1v) is 11.1. The molecule has 7 rings (SSSR count). The Bertz CT molecular complexity index is 1920. The van der Waals surface area contributed by atoms with Gasteiger partial charge in [-0.3, -0.25) is 0 Å². The highest BCUT2D eigenvalue weighted by Gasteiger charge is 2.26. The third-order valence-electron chi connectivity index (χ3n) is 7.41. The first kappa shape index (κ1) is 17.9. The second-order valence-corrected chi connectivity index (χ2v) is 9.20. The van der Waals surface area contributed by atoms with E-state index in [-0.39, 0.29) is 5.82 Å². The second kappa shape index (κ2) is 5.74. The molecular formula is C29H22FN2+. The average Bonchev–Trinajstić information content (AvgIpc) is 3.13. The van der Waals surface area contributed by atoms with Crippen molar-refractivity contribution in [2.45, 2.75) is 20.8 Å². The van der Waals surface area contributed by atoms with E-state index in [9.17, 15) is 0 Å². The molecule has 154 valence electrons. The smallest absolute Gasteiger partial charge is 0.224 e. The lowest BCUT2D eigenvalue weighted by atomic mass is 9.92. The van der Waals surface area contributed by atoms with E-state index >= 15 is 4.39 Å². The molecule has 0 saturated heterocycles. The highest BCUT2D eigenvalue weighted by Crippen LogP contribution is 2.44. The maximum Gasteiger partial charge on any atom is 0.224 e. The number of halogens is 1. The first-order valence-electron chi connectivity index (χ1n) is 11.1. The molecule has 0 N–H and O–H groups in total. The van der Waals surface area contributed by atoms with Gasteiger partial charge < -0.3 is 4.40 Å². The number of pyridine rings is 2. The summed E-state index contributed by atoms with van der Waals surface area (Å²) in [7, 11) is 2.12. The molecule has 0 atom stereocenters. The maximum atomic E-state index is 15.4. The van der Waals surface area contributed by atoms with Gasteiger partial charge in [0.15, 0.2) is 6.20 Å². The number of rotatable bonds is 0. The highest BCUT2D eigenvalue weighted by molar-refractivity contribution is 6.28. The van der Waals surface area contributed by atoms with Crippen molar-refractivity contribution in [3.8, 4) is 0 Å². The zero-order valence-corrected chi connectivity index (χ0v) is 18.5. The predicted molar refractivity (Wildman–Crippen MR) is 131 cm³/mol. The predicted octanol–water partition coefficient (Wildman–Crippen LogP) is 7.03. The van der Waals surface area contributed by atoms with Crippen LogP contribution in [0.3, 0.4) is 0 Å². The van der Waals surface area contributed by atoms with Crippen molar-refractivity contribution >= 4 is 59.8 Å². The first-order chi connectivity index (χ1) is 15.5. The summed E-state index contributed by atoms with van der Waals surface area (Å²) >= 11 is 0. The Morgan fingerprint density at radius 2 is 1.50 bits per heavy atom. The van der Waals surface area contributed by atoms with Gasteiger partial charge in [0.2, 0.25) is 5.52 Å². The topological polar surface area (TPSA) is 8.29 Å². The van der Waals surface area contributed by atoms with Crippen LogP contribution in [0.15, 0.2) is 60.8 Å². The lowest BCUT2D eigenvalue weighted by molar-refractivity contribution is -0.643. The molecule has 0 radical (unpaired) electrons. The summed E-state index contributed by atoms with van der Waals surface area (Å²) in [6.45, 7) is 6.54. The summed E-state index contributed by atoms with van der Waals surface area (Å²) in [5.41, 5.74) is 7.77. The molecule has 0 aliphatic carbocycles.